The topological polar surface area (TPSA) is 38.7 Å². The fourth-order valence-corrected chi connectivity index (χ4v) is 14.6. The zero-order chi connectivity index (χ0) is 37.8. The molecule has 1 aliphatic heterocycles. The first-order valence-electron chi connectivity index (χ1n) is 19.4. The van der Waals surface area contributed by atoms with Crippen LogP contribution in [0, 0.1) is 0 Å². The van der Waals surface area contributed by atoms with E-state index in [4.69, 9.17) is 15.0 Å². The SMILES string of the molecule is c1ccc(-c2cccc(-c3nc(-c4ccccc4)nc(-c4ccc5c(c4)[Si](c4ccccc4)(c4ccccc4)c4c-5c5ccccc5c5ccccc45)n3)c2)cc1. The van der Waals surface area contributed by atoms with Crippen molar-refractivity contribution in [1.82, 2.24) is 15.0 Å². The van der Waals surface area contributed by atoms with E-state index in [2.05, 4.69) is 188 Å². The van der Waals surface area contributed by atoms with Gasteiger partial charge >= 0.3 is 0 Å². The first kappa shape index (κ1) is 33.1. The molecule has 57 heavy (non-hydrogen) atoms. The minimum atomic E-state index is -2.94. The van der Waals surface area contributed by atoms with Crippen LogP contribution >= 0.6 is 0 Å². The second-order valence-electron chi connectivity index (χ2n) is 14.7. The molecule has 1 aliphatic rings. The highest BCUT2D eigenvalue weighted by molar-refractivity contribution is 7.23. The first-order chi connectivity index (χ1) is 28.3. The van der Waals surface area contributed by atoms with Crippen LogP contribution in [-0.4, -0.2) is 23.0 Å². The predicted octanol–water partition coefficient (Wildman–Crippen LogP) is 10.2. The molecule has 0 spiro atoms. The van der Waals surface area contributed by atoms with E-state index in [1.165, 1.54) is 53.4 Å². The molecule has 2 heterocycles. The Hall–Kier alpha value is -7.27. The Bertz CT molecular complexity index is 3070. The van der Waals surface area contributed by atoms with Gasteiger partial charge in [-0.25, -0.2) is 15.0 Å². The lowest BCUT2D eigenvalue weighted by molar-refractivity contribution is 1.07. The molecule has 266 valence electrons. The molecule has 1 aromatic heterocycles. The van der Waals surface area contributed by atoms with E-state index >= 15 is 0 Å². The van der Waals surface area contributed by atoms with Crippen LogP contribution in [-0.2, 0) is 0 Å². The van der Waals surface area contributed by atoms with E-state index in [-0.39, 0.29) is 0 Å². The maximum atomic E-state index is 5.30. The van der Waals surface area contributed by atoms with Gasteiger partial charge in [-0.05, 0) is 70.6 Å². The Morgan fingerprint density at radius 3 is 1.35 bits per heavy atom. The predicted molar refractivity (Wildman–Crippen MR) is 239 cm³/mol. The highest BCUT2D eigenvalue weighted by Crippen LogP contribution is 2.40. The first-order valence-corrected chi connectivity index (χ1v) is 21.4. The lowest BCUT2D eigenvalue weighted by Gasteiger charge is -2.32. The van der Waals surface area contributed by atoms with E-state index in [0.717, 1.165) is 27.8 Å². The number of aromatic nitrogens is 3. The van der Waals surface area contributed by atoms with Crippen molar-refractivity contribution in [3.8, 4) is 56.4 Å². The molecule has 0 saturated heterocycles. The third-order valence-corrected chi connectivity index (χ3v) is 16.5. The number of benzene rings is 9. The summed E-state index contributed by atoms with van der Waals surface area (Å²) in [7, 11) is -2.94. The van der Waals surface area contributed by atoms with Crippen molar-refractivity contribution in [3.05, 3.63) is 212 Å². The lowest BCUT2D eigenvalue weighted by Crippen LogP contribution is -2.73. The number of hydrogen-bond acceptors (Lipinski definition) is 3. The Morgan fingerprint density at radius 1 is 0.298 bits per heavy atom. The van der Waals surface area contributed by atoms with Gasteiger partial charge in [-0.15, -0.1) is 0 Å². The summed E-state index contributed by atoms with van der Waals surface area (Å²) in [5, 5.41) is 10.7. The van der Waals surface area contributed by atoms with E-state index in [9.17, 15) is 0 Å². The molecule has 4 heteroatoms. The van der Waals surface area contributed by atoms with Crippen molar-refractivity contribution in [2.75, 3.05) is 0 Å². The van der Waals surface area contributed by atoms with Gasteiger partial charge in [0.1, 0.15) is 0 Å². The lowest BCUT2D eigenvalue weighted by atomic mass is 9.93. The second kappa shape index (κ2) is 13.5. The normalized spacial score (nSPS) is 12.7. The summed E-state index contributed by atoms with van der Waals surface area (Å²) >= 11 is 0. The quantitative estimate of drug-likeness (QED) is 0.126. The van der Waals surface area contributed by atoms with Crippen LogP contribution < -0.4 is 20.7 Å². The van der Waals surface area contributed by atoms with Crippen LogP contribution in [0.1, 0.15) is 0 Å². The van der Waals surface area contributed by atoms with Gasteiger partial charge in [0, 0.05) is 16.7 Å². The Balaban J connectivity index is 1.21. The average molecular weight is 742 g/mol. The van der Waals surface area contributed by atoms with Crippen LogP contribution in [0.4, 0.5) is 0 Å². The summed E-state index contributed by atoms with van der Waals surface area (Å²) in [5.74, 6) is 1.95. The molecule has 0 atom stereocenters. The highest BCUT2D eigenvalue weighted by Gasteiger charge is 2.50. The van der Waals surface area contributed by atoms with Crippen LogP contribution in [0.5, 0.6) is 0 Å². The summed E-state index contributed by atoms with van der Waals surface area (Å²) < 4.78 is 0. The summed E-state index contributed by atoms with van der Waals surface area (Å²) in [4.78, 5) is 15.7. The molecule has 0 bridgehead atoms. The fourth-order valence-electron chi connectivity index (χ4n) is 9.12. The molecule has 10 aromatic rings. The van der Waals surface area contributed by atoms with E-state index in [1.807, 2.05) is 24.3 Å². The molecular formula is C53H35N3Si. The van der Waals surface area contributed by atoms with Crippen molar-refractivity contribution in [1.29, 1.82) is 0 Å². The Kier molecular flexibility index (Phi) is 7.83. The van der Waals surface area contributed by atoms with Gasteiger partial charge < -0.3 is 0 Å². The van der Waals surface area contributed by atoms with Crippen molar-refractivity contribution >= 4 is 50.4 Å². The number of hydrogen-bond donors (Lipinski definition) is 0. The maximum Gasteiger partial charge on any atom is 0.181 e. The largest absolute Gasteiger partial charge is 0.208 e. The van der Waals surface area contributed by atoms with Crippen molar-refractivity contribution in [3.63, 3.8) is 0 Å². The van der Waals surface area contributed by atoms with Gasteiger partial charge in [0.05, 0.1) is 0 Å². The molecule has 0 fully saturated rings. The fraction of sp³-hybridized carbons (Fsp3) is 0. The smallest absolute Gasteiger partial charge is 0.181 e. The summed E-state index contributed by atoms with van der Waals surface area (Å²) in [6.45, 7) is 0. The Morgan fingerprint density at radius 2 is 0.737 bits per heavy atom. The molecule has 9 aromatic carbocycles. The number of fused-ring (bicyclic) bond motifs is 8. The summed E-state index contributed by atoms with van der Waals surface area (Å²) in [6.07, 6.45) is 0. The van der Waals surface area contributed by atoms with Crippen LogP contribution in [0.15, 0.2) is 212 Å². The Labute approximate surface area is 332 Å². The van der Waals surface area contributed by atoms with Gasteiger partial charge in [-0.1, -0.05) is 206 Å². The van der Waals surface area contributed by atoms with Crippen molar-refractivity contribution in [2.45, 2.75) is 0 Å². The van der Waals surface area contributed by atoms with Crippen molar-refractivity contribution < 1.29 is 0 Å². The maximum absolute atomic E-state index is 5.30. The van der Waals surface area contributed by atoms with Gasteiger partial charge in [-0.2, -0.15) is 0 Å². The molecule has 11 rings (SSSR count). The number of nitrogens with zero attached hydrogens (tertiary/aromatic N) is 3. The molecule has 0 radical (unpaired) electrons. The minimum absolute atomic E-state index is 0.645. The molecular weight excluding hydrogens is 707 g/mol. The molecule has 0 aliphatic carbocycles. The second-order valence-corrected chi connectivity index (χ2v) is 18.4. The summed E-state index contributed by atoms with van der Waals surface area (Å²) in [6, 6.07) is 76.6. The minimum Gasteiger partial charge on any atom is -0.208 e. The van der Waals surface area contributed by atoms with Gasteiger partial charge in [0.15, 0.2) is 25.5 Å². The molecule has 3 nitrogen and oxygen atoms in total. The molecule has 0 N–H and O–H groups in total. The standard InChI is InChI=1S/C53H35N3Si/c1-5-18-36(19-6-1)38-22-17-23-39(34-38)52-54-51(37-20-7-2-8-21-37)55-53(56-52)40-32-33-47-48(35-40)57(41-24-9-3-10-25-41,42-26-11-4-12-27-42)50-46-31-16-14-29-44(46)43-28-13-15-30-45(43)49(47)50/h1-35H. The molecule has 0 saturated carbocycles. The third kappa shape index (κ3) is 5.30. The monoisotopic (exact) mass is 741 g/mol. The van der Waals surface area contributed by atoms with E-state index in [0.29, 0.717) is 17.5 Å². The van der Waals surface area contributed by atoms with Gasteiger partial charge in [0.2, 0.25) is 0 Å². The van der Waals surface area contributed by atoms with Crippen molar-refractivity contribution in [2.24, 2.45) is 0 Å². The van der Waals surface area contributed by atoms with Gasteiger partial charge in [-0.3, -0.25) is 0 Å². The third-order valence-electron chi connectivity index (χ3n) is 11.6. The zero-order valence-electron chi connectivity index (χ0n) is 31.0. The van der Waals surface area contributed by atoms with Crippen LogP contribution in [0.25, 0.3) is 78.0 Å². The molecule has 0 unspecified atom stereocenters. The summed E-state index contributed by atoms with van der Waals surface area (Å²) in [5.41, 5.74) is 7.75. The van der Waals surface area contributed by atoms with Gasteiger partial charge in [0.25, 0.3) is 0 Å². The number of rotatable bonds is 6. The highest BCUT2D eigenvalue weighted by atomic mass is 28.3. The zero-order valence-corrected chi connectivity index (χ0v) is 32.0. The van der Waals surface area contributed by atoms with Crippen LogP contribution in [0.2, 0.25) is 0 Å². The van der Waals surface area contributed by atoms with E-state index in [1.54, 1.807) is 0 Å². The van der Waals surface area contributed by atoms with E-state index < -0.39 is 8.07 Å². The average Bonchev–Trinajstić information content (AvgIpc) is 3.62. The van der Waals surface area contributed by atoms with Crippen LogP contribution in [0.3, 0.4) is 0 Å². The molecule has 0 amide bonds.